The molecule has 16 heavy (non-hydrogen) atoms. The Morgan fingerprint density at radius 2 is 1.88 bits per heavy atom. The van der Waals surface area contributed by atoms with Gasteiger partial charge in [-0.2, -0.15) is 5.26 Å². The van der Waals surface area contributed by atoms with Crippen LogP contribution in [0.3, 0.4) is 0 Å². The standard InChI is InChI=1S/C14H18N2/c1-12-6-8-16(9-7-12)11-14-4-2-13(10-15)3-5-14/h2-5,12H,6-9,11H2,1H3. The van der Waals surface area contributed by atoms with Gasteiger partial charge in [-0.05, 0) is 49.5 Å². The number of hydrogen-bond acceptors (Lipinski definition) is 2. The molecule has 1 saturated heterocycles. The molecule has 1 aliphatic rings. The average Bonchev–Trinajstić information content (AvgIpc) is 2.33. The summed E-state index contributed by atoms with van der Waals surface area (Å²) in [6.45, 7) is 5.78. The molecule has 2 rings (SSSR count). The number of hydrogen-bond donors (Lipinski definition) is 0. The Labute approximate surface area is 97.5 Å². The van der Waals surface area contributed by atoms with E-state index in [1.165, 1.54) is 31.5 Å². The van der Waals surface area contributed by atoms with E-state index in [2.05, 4.69) is 30.0 Å². The van der Waals surface area contributed by atoms with Crippen molar-refractivity contribution in [2.45, 2.75) is 26.3 Å². The molecular weight excluding hydrogens is 196 g/mol. The van der Waals surface area contributed by atoms with E-state index in [0.717, 1.165) is 18.0 Å². The molecule has 2 nitrogen and oxygen atoms in total. The summed E-state index contributed by atoms with van der Waals surface area (Å²) in [5.41, 5.74) is 2.06. The van der Waals surface area contributed by atoms with Crippen LogP contribution >= 0.6 is 0 Å². The van der Waals surface area contributed by atoms with Crippen molar-refractivity contribution in [1.29, 1.82) is 5.26 Å². The minimum atomic E-state index is 0.746. The Balaban J connectivity index is 1.91. The normalized spacial score (nSPS) is 18.2. The zero-order chi connectivity index (χ0) is 11.4. The summed E-state index contributed by atoms with van der Waals surface area (Å²) in [4.78, 5) is 2.50. The van der Waals surface area contributed by atoms with E-state index in [9.17, 15) is 0 Å². The third-order valence-electron chi connectivity index (χ3n) is 3.37. The molecule has 0 aliphatic carbocycles. The van der Waals surface area contributed by atoms with Gasteiger partial charge < -0.3 is 0 Å². The largest absolute Gasteiger partial charge is 0.299 e. The Kier molecular flexibility index (Phi) is 3.58. The SMILES string of the molecule is CC1CCN(Cc2ccc(C#N)cc2)CC1. The molecule has 0 bridgehead atoms. The Morgan fingerprint density at radius 1 is 1.25 bits per heavy atom. The van der Waals surface area contributed by atoms with Crippen LogP contribution in [0.25, 0.3) is 0 Å². The molecule has 0 aromatic heterocycles. The van der Waals surface area contributed by atoms with E-state index in [1.807, 2.05) is 12.1 Å². The first-order valence-electron chi connectivity index (χ1n) is 5.99. The summed E-state index contributed by atoms with van der Waals surface area (Å²) in [7, 11) is 0. The van der Waals surface area contributed by atoms with Crippen LogP contribution in [0.5, 0.6) is 0 Å². The highest BCUT2D eigenvalue weighted by Gasteiger charge is 2.15. The fourth-order valence-electron chi connectivity index (χ4n) is 2.16. The van der Waals surface area contributed by atoms with Crippen LogP contribution in [0, 0.1) is 17.2 Å². The lowest BCUT2D eigenvalue weighted by Gasteiger charge is -2.30. The fourth-order valence-corrected chi connectivity index (χ4v) is 2.16. The van der Waals surface area contributed by atoms with Crippen LogP contribution in [0.15, 0.2) is 24.3 Å². The first-order valence-corrected chi connectivity index (χ1v) is 5.99. The Hall–Kier alpha value is -1.33. The zero-order valence-corrected chi connectivity index (χ0v) is 9.82. The van der Waals surface area contributed by atoms with Gasteiger partial charge in [0.25, 0.3) is 0 Å². The first kappa shape index (κ1) is 11.2. The maximum atomic E-state index is 8.72. The maximum Gasteiger partial charge on any atom is 0.0991 e. The van der Waals surface area contributed by atoms with E-state index in [4.69, 9.17) is 5.26 Å². The van der Waals surface area contributed by atoms with E-state index < -0.39 is 0 Å². The molecule has 0 spiro atoms. The number of likely N-dealkylation sites (tertiary alicyclic amines) is 1. The van der Waals surface area contributed by atoms with E-state index in [-0.39, 0.29) is 0 Å². The number of nitrogens with zero attached hydrogens (tertiary/aromatic N) is 2. The minimum Gasteiger partial charge on any atom is -0.299 e. The average molecular weight is 214 g/mol. The monoisotopic (exact) mass is 214 g/mol. The lowest BCUT2D eigenvalue weighted by atomic mass is 9.99. The highest BCUT2D eigenvalue weighted by molar-refractivity contribution is 5.31. The number of nitriles is 1. The second-order valence-corrected chi connectivity index (χ2v) is 4.77. The third-order valence-corrected chi connectivity index (χ3v) is 3.37. The van der Waals surface area contributed by atoms with Crippen molar-refractivity contribution in [1.82, 2.24) is 4.90 Å². The van der Waals surface area contributed by atoms with E-state index in [1.54, 1.807) is 0 Å². The van der Waals surface area contributed by atoms with Gasteiger partial charge in [-0.15, -0.1) is 0 Å². The quantitative estimate of drug-likeness (QED) is 0.757. The van der Waals surface area contributed by atoms with Gasteiger partial charge in [0.15, 0.2) is 0 Å². The summed E-state index contributed by atoms with van der Waals surface area (Å²) < 4.78 is 0. The van der Waals surface area contributed by atoms with Crippen molar-refractivity contribution in [2.75, 3.05) is 13.1 Å². The smallest absolute Gasteiger partial charge is 0.0991 e. The second-order valence-electron chi connectivity index (χ2n) is 4.77. The predicted octanol–water partition coefficient (Wildman–Crippen LogP) is 2.79. The van der Waals surface area contributed by atoms with E-state index in [0.29, 0.717) is 0 Å². The highest BCUT2D eigenvalue weighted by Crippen LogP contribution is 2.18. The van der Waals surface area contributed by atoms with Crippen LogP contribution in [-0.2, 0) is 6.54 Å². The van der Waals surface area contributed by atoms with Crippen molar-refractivity contribution in [3.05, 3.63) is 35.4 Å². The van der Waals surface area contributed by atoms with Gasteiger partial charge in [0.2, 0.25) is 0 Å². The molecule has 1 aliphatic heterocycles. The van der Waals surface area contributed by atoms with Gasteiger partial charge >= 0.3 is 0 Å². The van der Waals surface area contributed by atoms with Gasteiger partial charge in [0, 0.05) is 6.54 Å². The molecule has 0 unspecified atom stereocenters. The van der Waals surface area contributed by atoms with E-state index >= 15 is 0 Å². The summed E-state index contributed by atoms with van der Waals surface area (Å²) in [6, 6.07) is 10.1. The van der Waals surface area contributed by atoms with Gasteiger partial charge in [0.1, 0.15) is 0 Å². The van der Waals surface area contributed by atoms with Gasteiger partial charge in [0.05, 0.1) is 11.6 Å². The van der Waals surface area contributed by atoms with Crippen molar-refractivity contribution < 1.29 is 0 Å². The van der Waals surface area contributed by atoms with Gasteiger partial charge in [-0.1, -0.05) is 19.1 Å². The second kappa shape index (κ2) is 5.14. The summed E-state index contributed by atoms with van der Waals surface area (Å²) in [6.07, 6.45) is 2.63. The van der Waals surface area contributed by atoms with Crippen LogP contribution in [0.1, 0.15) is 30.9 Å². The predicted molar refractivity (Wildman–Crippen MR) is 64.8 cm³/mol. The first-order chi connectivity index (χ1) is 7.78. The van der Waals surface area contributed by atoms with Crippen LogP contribution in [0.4, 0.5) is 0 Å². The molecule has 0 amide bonds. The van der Waals surface area contributed by atoms with Crippen molar-refractivity contribution in [3.8, 4) is 6.07 Å². The van der Waals surface area contributed by atoms with Crippen LogP contribution < -0.4 is 0 Å². The molecule has 1 heterocycles. The molecule has 84 valence electrons. The number of benzene rings is 1. The lowest BCUT2D eigenvalue weighted by molar-refractivity contribution is 0.185. The van der Waals surface area contributed by atoms with Gasteiger partial charge in [-0.3, -0.25) is 4.90 Å². The number of rotatable bonds is 2. The maximum absolute atomic E-state index is 8.72. The number of piperidine rings is 1. The molecule has 2 heteroatoms. The Morgan fingerprint density at radius 3 is 2.44 bits per heavy atom. The highest BCUT2D eigenvalue weighted by atomic mass is 15.1. The molecule has 0 N–H and O–H groups in total. The topological polar surface area (TPSA) is 27.0 Å². The molecule has 0 saturated carbocycles. The summed E-state index contributed by atoms with van der Waals surface area (Å²) >= 11 is 0. The Bertz CT molecular complexity index is 367. The van der Waals surface area contributed by atoms with Crippen molar-refractivity contribution in [2.24, 2.45) is 5.92 Å². The molecular formula is C14H18N2. The van der Waals surface area contributed by atoms with Crippen LogP contribution in [-0.4, -0.2) is 18.0 Å². The molecule has 1 aromatic carbocycles. The summed E-state index contributed by atoms with van der Waals surface area (Å²) in [5, 5.41) is 8.72. The minimum absolute atomic E-state index is 0.746. The molecule has 1 aromatic rings. The van der Waals surface area contributed by atoms with Crippen molar-refractivity contribution in [3.63, 3.8) is 0 Å². The van der Waals surface area contributed by atoms with Gasteiger partial charge in [-0.25, -0.2) is 0 Å². The fraction of sp³-hybridized carbons (Fsp3) is 0.500. The van der Waals surface area contributed by atoms with Crippen molar-refractivity contribution >= 4 is 0 Å². The molecule has 0 atom stereocenters. The lowest BCUT2D eigenvalue weighted by Crippen LogP contribution is -2.32. The molecule has 1 fully saturated rings. The summed E-state index contributed by atoms with van der Waals surface area (Å²) in [5.74, 6) is 0.886. The zero-order valence-electron chi connectivity index (χ0n) is 9.82. The molecule has 0 radical (unpaired) electrons. The third kappa shape index (κ3) is 2.84. The van der Waals surface area contributed by atoms with Crippen LogP contribution in [0.2, 0.25) is 0 Å².